The zero-order valence-corrected chi connectivity index (χ0v) is 19.4. The molecule has 2 heterocycles. The Kier molecular flexibility index (Phi) is 7.62. The lowest BCUT2D eigenvalue weighted by atomic mass is 10.00. The number of hydrogen-bond acceptors (Lipinski definition) is 4. The number of fused-ring (bicyclic) bond motifs is 1. The number of halogens is 1. The Hall–Kier alpha value is -1.92. The summed E-state index contributed by atoms with van der Waals surface area (Å²) in [4.78, 5) is 11.0. The lowest BCUT2D eigenvalue weighted by Gasteiger charge is -2.31. The molecule has 3 aromatic rings. The predicted molar refractivity (Wildman–Crippen MR) is 131 cm³/mol. The van der Waals surface area contributed by atoms with Gasteiger partial charge in [0.25, 0.3) is 0 Å². The number of aryl methyl sites for hydroxylation is 1. The van der Waals surface area contributed by atoms with Crippen molar-refractivity contribution < 1.29 is 0 Å². The minimum Gasteiger partial charge on any atom is -0.342 e. The van der Waals surface area contributed by atoms with Gasteiger partial charge >= 0.3 is 0 Å². The minimum atomic E-state index is 0.673. The molecule has 1 saturated heterocycles. The highest BCUT2D eigenvalue weighted by molar-refractivity contribution is 6.31. The van der Waals surface area contributed by atoms with E-state index in [4.69, 9.17) is 16.6 Å². The summed E-state index contributed by atoms with van der Waals surface area (Å²) in [7, 11) is 4.05. The summed E-state index contributed by atoms with van der Waals surface area (Å²) in [5.41, 5.74) is 5.71. The highest BCUT2D eigenvalue weighted by atomic mass is 35.5. The second-order valence-corrected chi connectivity index (χ2v) is 9.03. The fourth-order valence-electron chi connectivity index (χ4n) is 4.55. The van der Waals surface area contributed by atoms with Gasteiger partial charge in [-0.1, -0.05) is 29.8 Å². The summed E-state index contributed by atoms with van der Waals surface area (Å²) in [5.74, 6) is 1.05. The van der Waals surface area contributed by atoms with Crippen molar-refractivity contribution in [1.82, 2.24) is 25.5 Å². The van der Waals surface area contributed by atoms with Crippen LogP contribution in [0.1, 0.15) is 30.7 Å². The number of imidazole rings is 1. The van der Waals surface area contributed by atoms with Gasteiger partial charge in [0.1, 0.15) is 5.82 Å². The maximum atomic E-state index is 6.54. The summed E-state index contributed by atoms with van der Waals surface area (Å²) in [5, 5.41) is 7.40. The molecule has 0 amide bonds. The molecule has 3 N–H and O–H groups in total. The van der Waals surface area contributed by atoms with Crippen LogP contribution in [0.5, 0.6) is 0 Å². The summed E-state index contributed by atoms with van der Waals surface area (Å²) < 4.78 is 0. The molecule has 0 aliphatic carbocycles. The monoisotopic (exact) mass is 439 g/mol. The van der Waals surface area contributed by atoms with Gasteiger partial charge in [0.2, 0.25) is 0 Å². The first kappa shape index (κ1) is 22.3. The molecule has 0 radical (unpaired) electrons. The van der Waals surface area contributed by atoms with Crippen molar-refractivity contribution >= 4 is 22.6 Å². The molecule has 0 saturated carbocycles. The highest BCUT2D eigenvalue weighted by Gasteiger charge is 2.17. The van der Waals surface area contributed by atoms with E-state index in [0.29, 0.717) is 6.04 Å². The van der Waals surface area contributed by atoms with Crippen LogP contribution in [0.25, 0.3) is 22.2 Å². The average Bonchev–Trinajstić information content (AvgIpc) is 3.21. The van der Waals surface area contributed by atoms with Crippen molar-refractivity contribution in [3.8, 4) is 11.1 Å². The van der Waals surface area contributed by atoms with Crippen molar-refractivity contribution in [3.63, 3.8) is 0 Å². The van der Waals surface area contributed by atoms with Gasteiger partial charge in [-0.3, -0.25) is 0 Å². The zero-order chi connectivity index (χ0) is 21.6. The van der Waals surface area contributed by atoms with Crippen LogP contribution in [0.4, 0.5) is 0 Å². The Bertz CT molecular complexity index is 991. The molecule has 1 aromatic heterocycles. The molecule has 0 spiro atoms. The molecule has 0 bridgehead atoms. The molecular weight excluding hydrogens is 406 g/mol. The topological polar surface area (TPSA) is 56.0 Å². The van der Waals surface area contributed by atoms with E-state index in [0.717, 1.165) is 65.4 Å². The first-order chi connectivity index (χ1) is 15.2. The second kappa shape index (κ2) is 10.6. The van der Waals surface area contributed by atoms with Gasteiger partial charge in [-0.15, -0.1) is 0 Å². The van der Waals surface area contributed by atoms with Crippen molar-refractivity contribution in [1.29, 1.82) is 0 Å². The summed E-state index contributed by atoms with van der Waals surface area (Å²) in [6.45, 7) is 4.41. The number of aromatic nitrogens is 2. The van der Waals surface area contributed by atoms with Gasteiger partial charge < -0.3 is 20.5 Å². The van der Waals surface area contributed by atoms with Crippen molar-refractivity contribution in [2.45, 2.75) is 38.1 Å². The van der Waals surface area contributed by atoms with E-state index in [9.17, 15) is 0 Å². The van der Waals surface area contributed by atoms with Gasteiger partial charge in [-0.2, -0.15) is 0 Å². The molecule has 1 aliphatic rings. The molecule has 6 heteroatoms. The third-order valence-electron chi connectivity index (χ3n) is 6.38. The Labute approximate surface area is 190 Å². The molecule has 2 aromatic carbocycles. The number of likely N-dealkylation sites (tertiary alicyclic amines) is 1. The van der Waals surface area contributed by atoms with Crippen LogP contribution in [-0.4, -0.2) is 61.2 Å². The maximum absolute atomic E-state index is 6.54. The lowest BCUT2D eigenvalue weighted by Crippen LogP contribution is -2.41. The standard InChI is InChI=1S/C25H34ClN5/c1-27-11-4-7-24-29-23-6-3-5-22(25(23)30-24)19-15-18(16-20(26)17-19)8-12-31-13-9-21(28-2)10-14-31/h3,5-6,15-17,21,27-28H,4,7-14H2,1-2H3,(H,29,30). The second-order valence-electron chi connectivity index (χ2n) is 8.60. The minimum absolute atomic E-state index is 0.673. The molecule has 0 unspecified atom stereocenters. The van der Waals surface area contributed by atoms with E-state index >= 15 is 0 Å². The van der Waals surface area contributed by atoms with Gasteiger partial charge in [-0.25, -0.2) is 4.98 Å². The molecule has 4 rings (SSSR count). The van der Waals surface area contributed by atoms with Gasteiger partial charge in [-0.05, 0) is 88.7 Å². The Balaban J connectivity index is 1.50. The number of hydrogen-bond donors (Lipinski definition) is 3. The third-order valence-corrected chi connectivity index (χ3v) is 6.60. The van der Waals surface area contributed by atoms with Crippen LogP contribution in [0, 0.1) is 0 Å². The molecule has 1 aliphatic heterocycles. The van der Waals surface area contributed by atoms with Gasteiger partial charge in [0.15, 0.2) is 0 Å². The first-order valence-corrected chi connectivity index (χ1v) is 11.9. The molecule has 31 heavy (non-hydrogen) atoms. The highest BCUT2D eigenvalue weighted by Crippen LogP contribution is 2.30. The van der Waals surface area contributed by atoms with Crippen LogP contribution >= 0.6 is 11.6 Å². The lowest BCUT2D eigenvalue weighted by molar-refractivity contribution is 0.204. The van der Waals surface area contributed by atoms with Gasteiger partial charge in [0, 0.05) is 29.6 Å². The fraction of sp³-hybridized carbons (Fsp3) is 0.480. The molecule has 166 valence electrons. The van der Waals surface area contributed by atoms with E-state index in [1.807, 2.05) is 7.05 Å². The zero-order valence-electron chi connectivity index (χ0n) is 18.7. The SMILES string of the molecule is CNCCCc1nc2c(-c3cc(Cl)cc(CCN4CCC(NC)CC4)c3)cccc2[nH]1. The van der Waals surface area contributed by atoms with Crippen molar-refractivity contribution in [2.24, 2.45) is 0 Å². The Morgan fingerprint density at radius 2 is 1.97 bits per heavy atom. The van der Waals surface area contributed by atoms with Crippen molar-refractivity contribution in [2.75, 3.05) is 40.3 Å². The number of nitrogens with zero attached hydrogens (tertiary/aromatic N) is 2. The van der Waals surface area contributed by atoms with Crippen LogP contribution in [0.3, 0.4) is 0 Å². The summed E-state index contributed by atoms with van der Waals surface area (Å²) in [6, 6.07) is 13.5. The maximum Gasteiger partial charge on any atom is 0.107 e. The quantitative estimate of drug-likeness (QED) is 0.436. The predicted octanol–water partition coefficient (Wildman–Crippen LogP) is 4.26. The van der Waals surface area contributed by atoms with Crippen LogP contribution < -0.4 is 10.6 Å². The average molecular weight is 440 g/mol. The Morgan fingerprint density at radius 1 is 1.13 bits per heavy atom. The van der Waals surface area contributed by atoms with Gasteiger partial charge in [0.05, 0.1) is 11.0 Å². The third kappa shape index (κ3) is 5.66. The summed E-state index contributed by atoms with van der Waals surface area (Å²) in [6.07, 6.45) is 5.49. The molecular formula is C25H34ClN5. The van der Waals surface area contributed by atoms with E-state index in [2.05, 4.69) is 64.0 Å². The van der Waals surface area contributed by atoms with Crippen LogP contribution in [0.15, 0.2) is 36.4 Å². The summed E-state index contributed by atoms with van der Waals surface area (Å²) >= 11 is 6.54. The van der Waals surface area contributed by atoms with E-state index in [-0.39, 0.29) is 0 Å². The Morgan fingerprint density at radius 3 is 2.74 bits per heavy atom. The normalized spacial score (nSPS) is 15.7. The molecule has 5 nitrogen and oxygen atoms in total. The number of para-hydroxylation sites is 1. The number of benzene rings is 2. The van der Waals surface area contributed by atoms with E-state index < -0.39 is 0 Å². The number of H-pyrrole nitrogens is 1. The largest absolute Gasteiger partial charge is 0.342 e. The fourth-order valence-corrected chi connectivity index (χ4v) is 4.81. The number of rotatable bonds is 9. The smallest absolute Gasteiger partial charge is 0.107 e. The molecule has 0 atom stereocenters. The number of nitrogens with one attached hydrogen (secondary N) is 3. The number of piperidine rings is 1. The van der Waals surface area contributed by atoms with Crippen LogP contribution in [-0.2, 0) is 12.8 Å². The van der Waals surface area contributed by atoms with Crippen LogP contribution in [0.2, 0.25) is 5.02 Å². The number of aromatic amines is 1. The van der Waals surface area contributed by atoms with E-state index in [1.54, 1.807) is 0 Å². The molecule has 1 fully saturated rings. The van der Waals surface area contributed by atoms with Crippen molar-refractivity contribution in [3.05, 3.63) is 52.8 Å². The first-order valence-electron chi connectivity index (χ1n) is 11.5. The van der Waals surface area contributed by atoms with E-state index in [1.165, 1.54) is 31.5 Å².